The fourth-order valence-electron chi connectivity index (χ4n) is 13.6. The van der Waals surface area contributed by atoms with E-state index in [9.17, 15) is 0 Å². The van der Waals surface area contributed by atoms with E-state index < -0.39 is 5.41 Å². The van der Waals surface area contributed by atoms with Crippen LogP contribution in [0.15, 0.2) is 267 Å². The zero-order valence-electron chi connectivity index (χ0n) is 43.2. The largest absolute Gasteiger partial charge is 0.310 e. The summed E-state index contributed by atoms with van der Waals surface area (Å²) in [4.78, 5) is 2.48. The molecule has 14 aromatic rings. The minimum Gasteiger partial charge on any atom is -0.310 e. The summed E-state index contributed by atoms with van der Waals surface area (Å²) in [6, 6.07) is 99.9. The molecule has 0 saturated heterocycles. The Hall–Kier alpha value is -9.54. The molecule has 0 saturated carbocycles. The first-order valence-corrected chi connectivity index (χ1v) is 27.9. The Labute approximate surface area is 458 Å². The van der Waals surface area contributed by atoms with Crippen LogP contribution in [0, 0.1) is 13.8 Å². The zero-order valence-corrected chi connectivity index (χ0v) is 44.0. The maximum atomic E-state index is 2.54. The molecule has 12 aromatic carbocycles. The molecule has 0 amide bonds. The Balaban J connectivity index is 0.927. The van der Waals surface area contributed by atoms with Crippen molar-refractivity contribution in [2.45, 2.75) is 19.3 Å². The molecule has 2 heterocycles. The van der Waals surface area contributed by atoms with Crippen LogP contribution in [0.1, 0.15) is 33.4 Å². The van der Waals surface area contributed by atoms with E-state index >= 15 is 0 Å². The molecule has 16 rings (SSSR count). The summed E-state index contributed by atoms with van der Waals surface area (Å²) in [5.41, 5.74) is 26.8. The number of aryl methyl sites for hydroxylation is 2. The van der Waals surface area contributed by atoms with E-state index in [1.165, 1.54) is 131 Å². The summed E-state index contributed by atoms with van der Waals surface area (Å²) in [6.45, 7) is 4.45. The third kappa shape index (κ3) is 6.43. The zero-order chi connectivity index (χ0) is 51.6. The van der Waals surface area contributed by atoms with Crippen LogP contribution in [0.4, 0.5) is 17.1 Å². The summed E-state index contributed by atoms with van der Waals surface area (Å²) in [5, 5.41) is 5.05. The van der Waals surface area contributed by atoms with Crippen LogP contribution in [0.3, 0.4) is 0 Å². The van der Waals surface area contributed by atoms with Crippen molar-refractivity contribution < 1.29 is 0 Å². The molecular formula is C75H50N2S. The molecule has 2 aromatic heterocycles. The smallest absolute Gasteiger partial charge is 0.0726 e. The second-order valence-electron chi connectivity index (χ2n) is 21.2. The van der Waals surface area contributed by atoms with Crippen LogP contribution in [0.25, 0.3) is 103 Å². The molecule has 366 valence electrons. The van der Waals surface area contributed by atoms with Gasteiger partial charge in [-0.2, -0.15) is 0 Å². The van der Waals surface area contributed by atoms with Crippen molar-refractivity contribution in [2.75, 3.05) is 4.90 Å². The highest BCUT2D eigenvalue weighted by Gasteiger charge is 2.51. The Morgan fingerprint density at radius 3 is 1.64 bits per heavy atom. The van der Waals surface area contributed by atoms with E-state index in [2.05, 4.69) is 290 Å². The van der Waals surface area contributed by atoms with E-state index in [4.69, 9.17) is 0 Å². The highest BCUT2D eigenvalue weighted by Crippen LogP contribution is 2.63. The van der Waals surface area contributed by atoms with Crippen molar-refractivity contribution in [3.63, 3.8) is 0 Å². The quantitative estimate of drug-likeness (QED) is 0.154. The molecule has 1 spiro atoms. The van der Waals surface area contributed by atoms with E-state index in [1.807, 2.05) is 11.3 Å². The summed E-state index contributed by atoms with van der Waals surface area (Å²) in [5.74, 6) is 0. The summed E-state index contributed by atoms with van der Waals surface area (Å²) < 4.78 is 5.10. The predicted octanol–water partition coefficient (Wildman–Crippen LogP) is 20.6. The first-order valence-electron chi connectivity index (χ1n) is 27.1. The number of fused-ring (bicyclic) bond motifs is 17. The van der Waals surface area contributed by atoms with Crippen LogP contribution in [0.5, 0.6) is 0 Å². The lowest BCUT2D eigenvalue weighted by atomic mass is 9.70. The van der Waals surface area contributed by atoms with E-state index in [1.54, 1.807) is 0 Å². The average Bonchev–Trinajstić information content (AvgIpc) is 4.41. The molecular weight excluding hydrogens is 961 g/mol. The van der Waals surface area contributed by atoms with Crippen LogP contribution in [0.2, 0.25) is 0 Å². The number of rotatable bonds is 7. The van der Waals surface area contributed by atoms with Gasteiger partial charge in [0.15, 0.2) is 0 Å². The van der Waals surface area contributed by atoms with Crippen molar-refractivity contribution in [1.82, 2.24) is 4.57 Å². The Morgan fingerprint density at radius 2 is 0.910 bits per heavy atom. The fraction of sp³-hybridized carbons (Fsp3) is 0.0400. The minimum atomic E-state index is -0.470. The Bertz CT molecular complexity index is 4700. The second kappa shape index (κ2) is 17.2. The standard InChI is InChI=1S/C75H50N2S/c1-47-19-6-7-24-56(47)63-44-54(38-35-48(63)2)77-70-33-16-11-28-61(70)65-46-64(74-72(73(65)77)62-29-12-17-34-71(62)78-74)51-22-18-23-53(43-51)76(52-39-36-50(37-40-52)49-20-4-3-5-21-49)55-41-42-60-59-27-10-15-32-68(59)75(69(60)45-55)66-30-13-8-25-57(66)58-26-9-14-31-67(58)75/h3-46H,1-2H3. The molecule has 3 heteroatoms. The Morgan fingerprint density at radius 1 is 0.346 bits per heavy atom. The van der Waals surface area contributed by atoms with Gasteiger partial charge >= 0.3 is 0 Å². The van der Waals surface area contributed by atoms with E-state index in [0.29, 0.717) is 0 Å². The maximum absolute atomic E-state index is 2.54. The highest BCUT2D eigenvalue weighted by molar-refractivity contribution is 7.26. The summed E-state index contributed by atoms with van der Waals surface area (Å²) >= 11 is 1.90. The predicted molar refractivity (Wildman–Crippen MR) is 330 cm³/mol. The fourth-order valence-corrected chi connectivity index (χ4v) is 14.9. The number of para-hydroxylation sites is 1. The van der Waals surface area contributed by atoms with Crippen LogP contribution in [-0.2, 0) is 5.41 Å². The Kier molecular flexibility index (Phi) is 9.89. The van der Waals surface area contributed by atoms with Crippen molar-refractivity contribution in [2.24, 2.45) is 0 Å². The second-order valence-corrected chi connectivity index (χ2v) is 22.3. The van der Waals surface area contributed by atoms with Gasteiger partial charge in [0.1, 0.15) is 0 Å². The molecule has 0 N–H and O–H groups in total. The molecule has 0 radical (unpaired) electrons. The molecule has 0 fully saturated rings. The topological polar surface area (TPSA) is 8.17 Å². The SMILES string of the molecule is Cc1ccccc1-c1cc(-n2c3ccccc3c3cc(-c4cccc(N(c5ccc(-c6ccccc6)cc5)c5ccc6c(c5)C5(c7ccccc7-c7ccccc75)c5ccccc5-6)c4)c4sc5ccccc5c4c32)ccc1C. The van der Waals surface area contributed by atoms with Gasteiger partial charge in [0.25, 0.3) is 0 Å². The van der Waals surface area contributed by atoms with Gasteiger partial charge in [-0.1, -0.05) is 200 Å². The van der Waals surface area contributed by atoms with Gasteiger partial charge in [0.2, 0.25) is 0 Å². The van der Waals surface area contributed by atoms with Gasteiger partial charge in [-0.3, -0.25) is 0 Å². The first-order chi connectivity index (χ1) is 38.5. The van der Waals surface area contributed by atoms with Gasteiger partial charge in [-0.05, 0) is 164 Å². The summed E-state index contributed by atoms with van der Waals surface area (Å²) in [7, 11) is 0. The number of anilines is 3. The van der Waals surface area contributed by atoms with Gasteiger partial charge < -0.3 is 9.47 Å². The third-order valence-corrected chi connectivity index (χ3v) is 18.3. The minimum absolute atomic E-state index is 0.470. The number of hydrogen-bond acceptors (Lipinski definition) is 2. The molecule has 78 heavy (non-hydrogen) atoms. The normalized spacial score (nSPS) is 12.8. The number of nitrogens with zero attached hydrogens (tertiary/aromatic N) is 2. The lowest BCUT2D eigenvalue weighted by molar-refractivity contribution is 0.793. The van der Waals surface area contributed by atoms with E-state index in [0.717, 1.165) is 22.7 Å². The molecule has 2 aliphatic rings. The third-order valence-electron chi connectivity index (χ3n) is 17.1. The van der Waals surface area contributed by atoms with Crippen LogP contribution in [-0.4, -0.2) is 4.57 Å². The van der Waals surface area contributed by atoms with Gasteiger partial charge in [-0.25, -0.2) is 0 Å². The van der Waals surface area contributed by atoms with Crippen molar-refractivity contribution in [1.29, 1.82) is 0 Å². The monoisotopic (exact) mass is 1010 g/mol. The van der Waals surface area contributed by atoms with Gasteiger partial charge in [0.05, 0.1) is 16.4 Å². The molecule has 2 nitrogen and oxygen atoms in total. The number of thiophene rings is 1. The van der Waals surface area contributed by atoms with Crippen LogP contribution < -0.4 is 4.90 Å². The molecule has 2 aliphatic carbocycles. The molecule has 0 atom stereocenters. The lowest BCUT2D eigenvalue weighted by Crippen LogP contribution is -2.26. The van der Waals surface area contributed by atoms with Crippen molar-refractivity contribution in [3.05, 3.63) is 300 Å². The molecule has 0 aliphatic heterocycles. The maximum Gasteiger partial charge on any atom is 0.0726 e. The van der Waals surface area contributed by atoms with Gasteiger partial charge in [0, 0.05) is 59.3 Å². The lowest BCUT2D eigenvalue weighted by Gasteiger charge is -2.32. The van der Waals surface area contributed by atoms with Crippen molar-refractivity contribution >= 4 is 70.4 Å². The van der Waals surface area contributed by atoms with Gasteiger partial charge in [-0.15, -0.1) is 11.3 Å². The molecule has 0 bridgehead atoms. The molecule has 0 unspecified atom stereocenters. The van der Waals surface area contributed by atoms with Crippen molar-refractivity contribution in [3.8, 4) is 61.3 Å². The average molecular weight is 1010 g/mol. The highest BCUT2D eigenvalue weighted by atomic mass is 32.1. The first kappa shape index (κ1) is 44.7. The number of aromatic nitrogens is 1. The summed E-state index contributed by atoms with van der Waals surface area (Å²) in [6.07, 6.45) is 0. The number of hydrogen-bond donors (Lipinski definition) is 0. The van der Waals surface area contributed by atoms with Crippen LogP contribution >= 0.6 is 11.3 Å². The van der Waals surface area contributed by atoms with E-state index in [-0.39, 0.29) is 0 Å². The number of benzene rings is 12.